The second-order valence-electron chi connectivity index (χ2n) is 3.07. The number of aliphatic imine (C=N–C) groups is 1. The number of ether oxygens (including phenoxy) is 1. The lowest BCUT2D eigenvalue weighted by molar-refractivity contribution is -0.525. The van der Waals surface area contributed by atoms with Gasteiger partial charge in [0.05, 0.1) is 12.8 Å². The molecule has 5 N–H and O–H groups in total. The molecule has 0 fully saturated rings. The number of methoxy groups -OCH3 is 1. The van der Waals surface area contributed by atoms with Gasteiger partial charge >= 0.3 is 0 Å². The maximum Gasteiger partial charge on any atom is 0.256 e. The van der Waals surface area contributed by atoms with Crippen molar-refractivity contribution in [3.05, 3.63) is 33.9 Å². The van der Waals surface area contributed by atoms with Crippen LogP contribution in [0.5, 0.6) is 5.75 Å². The van der Waals surface area contributed by atoms with E-state index in [1.165, 1.54) is 7.11 Å². The van der Waals surface area contributed by atoms with E-state index in [0.29, 0.717) is 11.4 Å². The Balaban J connectivity index is 2.96. The largest absolute Gasteiger partial charge is 0.496 e. The van der Waals surface area contributed by atoms with Gasteiger partial charge in [-0.3, -0.25) is 0 Å². The summed E-state index contributed by atoms with van der Waals surface area (Å²) in [5.74, 6) is 0.329. The molecule has 0 aromatic heterocycles. The zero-order chi connectivity index (χ0) is 12.8. The van der Waals surface area contributed by atoms with Crippen LogP contribution in [-0.4, -0.2) is 18.1 Å². The molecule has 92 valence electrons. The molecule has 0 aliphatic rings. The highest BCUT2D eigenvalue weighted by Gasteiger charge is 2.04. The number of nitrogens with zero attached hydrogens (tertiary/aromatic N) is 2. The number of hydrogen-bond acceptors (Lipinski definition) is 5. The Labute approximate surface area is 97.4 Å². The van der Waals surface area contributed by atoms with Crippen LogP contribution in [0.25, 0.3) is 0 Å². The highest BCUT2D eigenvalue weighted by Crippen LogP contribution is 2.23. The first-order valence-corrected chi connectivity index (χ1v) is 4.69. The molecule has 8 nitrogen and oxygen atoms in total. The summed E-state index contributed by atoms with van der Waals surface area (Å²) in [7, 11) is 1.53. The van der Waals surface area contributed by atoms with E-state index in [0.717, 1.165) is 5.56 Å². The minimum atomic E-state index is -0.786. The Morgan fingerprint density at radius 3 is 2.88 bits per heavy atom. The Morgan fingerprint density at radius 2 is 2.35 bits per heavy atom. The van der Waals surface area contributed by atoms with Gasteiger partial charge in [-0.2, -0.15) is 0 Å². The zero-order valence-electron chi connectivity index (χ0n) is 9.21. The summed E-state index contributed by atoms with van der Waals surface area (Å²) in [6.07, 6.45) is 0. The van der Waals surface area contributed by atoms with E-state index in [-0.39, 0.29) is 12.5 Å². The van der Waals surface area contributed by atoms with Gasteiger partial charge in [-0.25, -0.2) is 15.1 Å². The first kappa shape index (κ1) is 12.7. The normalized spacial score (nSPS) is 11.1. The molecule has 0 saturated carbocycles. The molecule has 0 aliphatic carbocycles. The second-order valence-corrected chi connectivity index (χ2v) is 3.07. The van der Waals surface area contributed by atoms with Gasteiger partial charge < -0.3 is 16.2 Å². The molecule has 0 unspecified atom stereocenters. The minimum Gasteiger partial charge on any atom is -0.496 e. The molecule has 0 atom stereocenters. The molecule has 1 aromatic carbocycles. The average molecular weight is 239 g/mol. The standard InChI is InChI=1S/C9H13N5O3/c1-17-8-3-2-7(4-6(8)5-10)12-9(11)13-14(15)16/h2-4H,5,10H2,1H3,(H3,11,12,13). The number of hydrazine groups is 1. The van der Waals surface area contributed by atoms with Crippen molar-refractivity contribution in [1.29, 1.82) is 0 Å². The number of hydrogen-bond donors (Lipinski definition) is 3. The number of rotatable bonds is 4. The predicted octanol–water partition coefficient (Wildman–Crippen LogP) is -0.119. The Bertz CT molecular complexity index is 446. The molecule has 0 bridgehead atoms. The molecule has 0 spiro atoms. The number of nitrogens with two attached hydrogens (primary N) is 2. The van der Waals surface area contributed by atoms with Crippen molar-refractivity contribution in [1.82, 2.24) is 5.43 Å². The highest BCUT2D eigenvalue weighted by molar-refractivity contribution is 5.79. The molecular weight excluding hydrogens is 226 g/mol. The van der Waals surface area contributed by atoms with Gasteiger partial charge in [-0.1, -0.05) is 5.43 Å². The van der Waals surface area contributed by atoms with E-state index in [2.05, 4.69) is 4.99 Å². The van der Waals surface area contributed by atoms with Crippen LogP contribution in [0.3, 0.4) is 0 Å². The number of guanidine groups is 1. The minimum absolute atomic E-state index is 0.273. The van der Waals surface area contributed by atoms with Crippen LogP contribution in [0, 0.1) is 10.1 Å². The van der Waals surface area contributed by atoms with Crippen LogP contribution in [0.2, 0.25) is 0 Å². The van der Waals surface area contributed by atoms with E-state index in [1.54, 1.807) is 23.6 Å². The van der Waals surface area contributed by atoms with Crippen molar-refractivity contribution < 1.29 is 9.77 Å². The monoisotopic (exact) mass is 239 g/mol. The fraction of sp³-hybridized carbons (Fsp3) is 0.222. The maximum absolute atomic E-state index is 10.1. The lowest BCUT2D eigenvalue weighted by Gasteiger charge is -2.07. The van der Waals surface area contributed by atoms with Gasteiger partial charge in [0.1, 0.15) is 5.75 Å². The van der Waals surface area contributed by atoms with Crippen LogP contribution in [0.4, 0.5) is 5.69 Å². The molecular formula is C9H13N5O3. The molecule has 0 aliphatic heterocycles. The summed E-state index contributed by atoms with van der Waals surface area (Å²) in [6, 6.07) is 4.93. The van der Waals surface area contributed by atoms with Crippen LogP contribution >= 0.6 is 0 Å². The topological polar surface area (TPSA) is 129 Å². The Kier molecular flexibility index (Phi) is 4.23. The molecule has 0 amide bonds. The van der Waals surface area contributed by atoms with Gasteiger partial charge in [0.2, 0.25) is 0 Å². The smallest absolute Gasteiger partial charge is 0.256 e. The molecule has 1 rings (SSSR count). The van der Waals surface area contributed by atoms with Gasteiger partial charge in [0.25, 0.3) is 5.96 Å². The first-order valence-electron chi connectivity index (χ1n) is 4.69. The first-order chi connectivity index (χ1) is 8.06. The van der Waals surface area contributed by atoms with Crippen LogP contribution in [-0.2, 0) is 6.54 Å². The van der Waals surface area contributed by atoms with Crippen molar-refractivity contribution in [2.45, 2.75) is 6.54 Å². The second kappa shape index (κ2) is 5.66. The fourth-order valence-corrected chi connectivity index (χ4v) is 1.25. The van der Waals surface area contributed by atoms with Crippen LogP contribution < -0.4 is 21.6 Å². The highest BCUT2D eigenvalue weighted by atomic mass is 16.7. The summed E-state index contributed by atoms with van der Waals surface area (Å²) in [5, 5.41) is 9.33. The van der Waals surface area contributed by atoms with Gasteiger partial charge in [-0.15, -0.1) is 0 Å². The average Bonchev–Trinajstić information content (AvgIpc) is 2.27. The SMILES string of the molecule is COc1ccc(N=C(N)N[N+](=O)[O-])cc1CN. The predicted molar refractivity (Wildman–Crippen MR) is 62.3 cm³/mol. The summed E-state index contributed by atoms with van der Waals surface area (Å²) in [4.78, 5) is 13.9. The Morgan fingerprint density at radius 1 is 1.65 bits per heavy atom. The molecule has 0 saturated heterocycles. The van der Waals surface area contributed by atoms with E-state index in [9.17, 15) is 10.1 Å². The Hall–Kier alpha value is -2.35. The lowest BCUT2D eigenvalue weighted by Crippen LogP contribution is -2.35. The third-order valence-electron chi connectivity index (χ3n) is 1.94. The summed E-state index contributed by atoms with van der Waals surface area (Å²) >= 11 is 0. The fourth-order valence-electron chi connectivity index (χ4n) is 1.25. The maximum atomic E-state index is 10.1. The van der Waals surface area contributed by atoms with Gasteiger partial charge in [-0.05, 0) is 18.2 Å². The molecule has 0 heterocycles. The van der Waals surface area contributed by atoms with Crippen LogP contribution in [0.1, 0.15) is 5.56 Å². The van der Waals surface area contributed by atoms with E-state index < -0.39 is 5.03 Å². The zero-order valence-corrected chi connectivity index (χ0v) is 9.21. The number of nitrogens with one attached hydrogen (secondary N) is 1. The molecule has 1 aromatic rings. The third kappa shape index (κ3) is 3.61. The van der Waals surface area contributed by atoms with Crippen molar-refractivity contribution in [2.75, 3.05) is 7.11 Å². The van der Waals surface area contributed by atoms with E-state index in [4.69, 9.17) is 16.2 Å². The quantitative estimate of drug-likeness (QED) is 0.291. The van der Waals surface area contributed by atoms with Crippen molar-refractivity contribution in [3.63, 3.8) is 0 Å². The van der Waals surface area contributed by atoms with E-state index >= 15 is 0 Å². The molecule has 8 heteroatoms. The molecule has 0 radical (unpaired) electrons. The number of nitro groups is 1. The van der Waals surface area contributed by atoms with Crippen molar-refractivity contribution in [3.8, 4) is 5.75 Å². The van der Waals surface area contributed by atoms with Crippen molar-refractivity contribution in [2.24, 2.45) is 16.5 Å². The summed E-state index contributed by atoms with van der Waals surface area (Å²) in [5.41, 5.74) is 13.8. The molecule has 17 heavy (non-hydrogen) atoms. The third-order valence-corrected chi connectivity index (χ3v) is 1.94. The summed E-state index contributed by atoms with van der Waals surface area (Å²) < 4.78 is 5.08. The lowest BCUT2D eigenvalue weighted by atomic mass is 10.2. The summed E-state index contributed by atoms with van der Waals surface area (Å²) in [6.45, 7) is 0.273. The van der Waals surface area contributed by atoms with Gasteiger partial charge in [0.15, 0.2) is 5.03 Å². The van der Waals surface area contributed by atoms with Crippen molar-refractivity contribution >= 4 is 11.6 Å². The van der Waals surface area contributed by atoms with Gasteiger partial charge in [0, 0.05) is 12.1 Å². The van der Waals surface area contributed by atoms with E-state index in [1.807, 2.05) is 0 Å². The number of benzene rings is 1. The van der Waals surface area contributed by atoms with Crippen LogP contribution in [0.15, 0.2) is 23.2 Å².